The van der Waals surface area contributed by atoms with E-state index in [2.05, 4.69) is 50.8 Å². The quantitative estimate of drug-likeness (QED) is 0.242. The Hall–Kier alpha value is -2.80. The minimum absolute atomic E-state index is 0.0116. The average Bonchev–Trinajstić information content (AvgIpc) is 2.92. The molecule has 0 spiro atoms. The molecule has 0 aliphatic carbocycles. The zero-order valence-electron chi connectivity index (χ0n) is 24.1. The molecule has 0 aromatic heterocycles. The summed E-state index contributed by atoms with van der Waals surface area (Å²) in [4.78, 5) is 2.37. The largest absolute Gasteiger partial charge is 0.416 e. The summed E-state index contributed by atoms with van der Waals surface area (Å²) in [6.07, 6.45) is -5.03. The maximum Gasteiger partial charge on any atom is 0.416 e. The molecule has 7 heteroatoms. The Balaban J connectivity index is 1.65. The fourth-order valence-electron chi connectivity index (χ4n) is 6.22. The number of rotatable bonds is 8. The van der Waals surface area contributed by atoms with Crippen LogP contribution in [0.3, 0.4) is 0 Å². The molecule has 1 aliphatic heterocycles. The Morgan fingerprint density at radius 2 is 1.34 bits per heavy atom. The fraction of sp³-hybridized carbons (Fsp3) is 0.471. The molecule has 3 atom stereocenters. The molecule has 0 bridgehead atoms. The highest BCUT2D eigenvalue weighted by molar-refractivity contribution is 5.66. The second-order valence-electron chi connectivity index (χ2n) is 11.9. The van der Waals surface area contributed by atoms with E-state index in [4.69, 9.17) is 0 Å². The van der Waals surface area contributed by atoms with Gasteiger partial charge in [0.05, 0.1) is 11.1 Å². The van der Waals surface area contributed by atoms with Gasteiger partial charge in [0.2, 0.25) is 0 Å². The van der Waals surface area contributed by atoms with E-state index in [1.807, 2.05) is 0 Å². The fourth-order valence-corrected chi connectivity index (χ4v) is 6.22. The lowest BCUT2D eigenvalue weighted by Crippen LogP contribution is -2.37. The molecular weight excluding hydrogens is 536 g/mol. The smallest absolute Gasteiger partial charge is 0.296 e. The molecular formula is C34H39F6N. The van der Waals surface area contributed by atoms with Crippen molar-refractivity contribution in [3.8, 4) is 11.1 Å². The molecule has 3 aromatic carbocycles. The topological polar surface area (TPSA) is 3.24 Å². The van der Waals surface area contributed by atoms with Crippen LogP contribution >= 0.6 is 0 Å². The average molecular weight is 576 g/mol. The molecule has 1 aliphatic rings. The van der Waals surface area contributed by atoms with E-state index in [-0.39, 0.29) is 12.0 Å². The van der Waals surface area contributed by atoms with E-state index >= 15 is 0 Å². The lowest BCUT2D eigenvalue weighted by Gasteiger charge is -2.39. The Bertz CT molecular complexity index is 1270. The third kappa shape index (κ3) is 7.73. The van der Waals surface area contributed by atoms with Gasteiger partial charge < -0.3 is 0 Å². The van der Waals surface area contributed by atoms with Gasteiger partial charge in [-0.1, -0.05) is 70.2 Å². The van der Waals surface area contributed by atoms with Crippen molar-refractivity contribution < 1.29 is 26.3 Å². The standard InChI is InChI=1S/C34H39F6N/c1-5-32(25-10-14-31(15-11-25)34(38,39)40)41-16-6-7-26(21-41)29-19-27(23(4)17-22(2)3)18-28(20-29)24-8-12-30(13-9-24)33(35,36)37/h8-15,18-20,22-23,26,32H,5-7,16-17,21H2,1-4H3/t23-,26?,32?/m1/s1. The van der Waals surface area contributed by atoms with Gasteiger partial charge in [0.25, 0.3) is 0 Å². The zero-order valence-corrected chi connectivity index (χ0v) is 24.1. The minimum atomic E-state index is -4.38. The summed E-state index contributed by atoms with van der Waals surface area (Å²) in [6.45, 7) is 10.3. The van der Waals surface area contributed by atoms with Crippen LogP contribution in [0.5, 0.6) is 0 Å². The third-order valence-corrected chi connectivity index (χ3v) is 8.29. The first kappa shape index (κ1) is 31.1. The molecule has 1 heterocycles. The summed E-state index contributed by atoms with van der Waals surface area (Å²) < 4.78 is 78.9. The van der Waals surface area contributed by atoms with Crippen LogP contribution in [0.1, 0.15) is 99.1 Å². The van der Waals surface area contributed by atoms with Crippen molar-refractivity contribution in [3.05, 3.63) is 94.5 Å². The minimum Gasteiger partial charge on any atom is -0.296 e. The highest BCUT2D eigenvalue weighted by Gasteiger charge is 2.32. The molecule has 41 heavy (non-hydrogen) atoms. The van der Waals surface area contributed by atoms with Gasteiger partial charge in [-0.05, 0) is 102 Å². The van der Waals surface area contributed by atoms with E-state index in [1.54, 1.807) is 24.3 Å². The molecule has 0 amide bonds. The Morgan fingerprint density at radius 1 is 0.756 bits per heavy atom. The zero-order chi connectivity index (χ0) is 29.9. The molecule has 0 N–H and O–H groups in total. The number of nitrogens with zero attached hydrogens (tertiary/aromatic N) is 1. The lowest BCUT2D eigenvalue weighted by molar-refractivity contribution is -0.138. The van der Waals surface area contributed by atoms with Gasteiger partial charge in [-0.3, -0.25) is 4.90 Å². The molecule has 0 radical (unpaired) electrons. The molecule has 3 aromatic rings. The van der Waals surface area contributed by atoms with Crippen LogP contribution < -0.4 is 0 Å². The van der Waals surface area contributed by atoms with E-state index in [9.17, 15) is 26.3 Å². The summed E-state index contributed by atoms with van der Waals surface area (Å²) in [5, 5.41) is 0. The van der Waals surface area contributed by atoms with E-state index in [1.165, 1.54) is 11.1 Å². The number of hydrogen-bond acceptors (Lipinski definition) is 1. The molecule has 222 valence electrons. The van der Waals surface area contributed by atoms with Gasteiger partial charge in [0.1, 0.15) is 0 Å². The van der Waals surface area contributed by atoms with Crippen LogP contribution in [0.25, 0.3) is 11.1 Å². The van der Waals surface area contributed by atoms with E-state index < -0.39 is 23.5 Å². The molecule has 0 saturated carbocycles. The molecule has 1 nitrogen and oxygen atoms in total. The summed E-state index contributed by atoms with van der Waals surface area (Å²) in [5.41, 5.74) is 3.58. The van der Waals surface area contributed by atoms with Crippen molar-refractivity contribution in [2.75, 3.05) is 13.1 Å². The first-order chi connectivity index (χ1) is 19.3. The Kier molecular flexibility index (Phi) is 9.57. The first-order valence-corrected chi connectivity index (χ1v) is 14.5. The summed E-state index contributed by atoms with van der Waals surface area (Å²) >= 11 is 0. The predicted octanol–water partition coefficient (Wildman–Crippen LogP) is 10.9. The van der Waals surface area contributed by atoms with E-state index in [0.29, 0.717) is 11.8 Å². The maximum absolute atomic E-state index is 13.2. The lowest BCUT2D eigenvalue weighted by atomic mass is 9.83. The van der Waals surface area contributed by atoms with Crippen LogP contribution in [0.15, 0.2) is 66.7 Å². The van der Waals surface area contributed by atoms with Crippen LogP contribution in [0, 0.1) is 5.92 Å². The summed E-state index contributed by atoms with van der Waals surface area (Å²) in [6, 6.07) is 17.4. The highest BCUT2D eigenvalue weighted by atomic mass is 19.4. The third-order valence-electron chi connectivity index (χ3n) is 8.29. The van der Waals surface area contributed by atoms with Crippen molar-refractivity contribution >= 4 is 0 Å². The second kappa shape index (κ2) is 12.6. The highest BCUT2D eigenvalue weighted by Crippen LogP contribution is 2.39. The van der Waals surface area contributed by atoms with Gasteiger partial charge in [-0.15, -0.1) is 0 Å². The SMILES string of the molecule is CCC(c1ccc(C(F)(F)F)cc1)N1CCCC(c2cc(-c3ccc(C(F)(F)F)cc3)cc([C@H](C)CC(C)C)c2)C1. The van der Waals surface area contributed by atoms with Crippen molar-refractivity contribution in [2.24, 2.45) is 5.92 Å². The Morgan fingerprint density at radius 3 is 1.88 bits per heavy atom. The normalized spacial score (nSPS) is 18.5. The van der Waals surface area contributed by atoms with Crippen LogP contribution in [0.2, 0.25) is 0 Å². The van der Waals surface area contributed by atoms with Crippen molar-refractivity contribution in [1.82, 2.24) is 4.90 Å². The van der Waals surface area contributed by atoms with Gasteiger partial charge in [-0.25, -0.2) is 0 Å². The molecule has 1 fully saturated rings. The summed E-state index contributed by atoms with van der Waals surface area (Å²) in [5.74, 6) is 1.01. The monoisotopic (exact) mass is 575 g/mol. The number of piperidine rings is 1. The summed E-state index contributed by atoms with van der Waals surface area (Å²) in [7, 11) is 0. The van der Waals surface area contributed by atoms with Gasteiger partial charge >= 0.3 is 12.4 Å². The first-order valence-electron chi connectivity index (χ1n) is 14.5. The van der Waals surface area contributed by atoms with Crippen LogP contribution in [-0.2, 0) is 12.4 Å². The van der Waals surface area contributed by atoms with Crippen molar-refractivity contribution in [1.29, 1.82) is 0 Å². The van der Waals surface area contributed by atoms with Crippen molar-refractivity contribution in [2.45, 2.75) is 83.6 Å². The molecule has 1 saturated heterocycles. The van der Waals surface area contributed by atoms with Gasteiger partial charge in [0.15, 0.2) is 0 Å². The number of halogens is 6. The second-order valence-corrected chi connectivity index (χ2v) is 11.9. The van der Waals surface area contributed by atoms with Gasteiger partial charge in [0, 0.05) is 12.6 Å². The number of likely N-dealkylation sites (tertiary alicyclic amines) is 1. The van der Waals surface area contributed by atoms with E-state index in [0.717, 1.165) is 79.7 Å². The Labute approximate surface area is 239 Å². The maximum atomic E-state index is 13.2. The van der Waals surface area contributed by atoms with Crippen LogP contribution in [-0.4, -0.2) is 18.0 Å². The van der Waals surface area contributed by atoms with Crippen molar-refractivity contribution in [3.63, 3.8) is 0 Å². The number of hydrogen-bond donors (Lipinski definition) is 0. The number of alkyl halides is 6. The van der Waals surface area contributed by atoms with Crippen LogP contribution in [0.4, 0.5) is 26.3 Å². The molecule has 4 rings (SSSR count). The molecule has 2 unspecified atom stereocenters. The predicted molar refractivity (Wildman–Crippen MR) is 153 cm³/mol. The number of benzene rings is 3. The van der Waals surface area contributed by atoms with Gasteiger partial charge in [-0.2, -0.15) is 26.3 Å².